The largest absolute Gasteiger partial charge is 0.206 e. The van der Waals surface area contributed by atoms with Crippen molar-refractivity contribution in [3.8, 4) is 0 Å². The third kappa shape index (κ3) is 3.55. The molecular formula is C9H6BrClFN3. The van der Waals surface area contributed by atoms with Crippen LogP contribution in [0.3, 0.4) is 0 Å². The molecule has 0 aromatic heterocycles. The molecule has 0 bridgehead atoms. The molecule has 3 nitrogen and oxygen atoms in total. The summed E-state index contributed by atoms with van der Waals surface area (Å²) in [7, 11) is 0. The highest BCUT2D eigenvalue weighted by Crippen LogP contribution is 2.25. The van der Waals surface area contributed by atoms with Crippen molar-refractivity contribution >= 4 is 33.6 Å². The van der Waals surface area contributed by atoms with Crippen molar-refractivity contribution in [2.75, 3.05) is 6.54 Å². The van der Waals surface area contributed by atoms with Gasteiger partial charge in [0.25, 0.3) is 0 Å². The summed E-state index contributed by atoms with van der Waals surface area (Å²) < 4.78 is 13.9. The minimum atomic E-state index is -0.424. The van der Waals surface area contributed by atoms with Crippen LogP contribution in [0.15, 0.2) is 27.8 Å². The van der Waals surface area contributed by atoms with Gasteiger partial charge >= 0.3 is 0 Å². The molecule has 0 amide bonds. The summed E-state index contributed by atoms with van der Waals surface area (Å²) in [6.07, 6.45) is 3.10. The Kier molecular flexibility index (Phi) is 4.62. The van der Waals surface area contributed by atoms with Crippen LogP contribution in [0, 0.1) is 5.82 Å². The van der Waals surface area contributed by atoms with E-state index >= 15 is 0 Å². The molecule has 0 saturated carbocycles. The molecule has 0 aliphatic heterocycles. The van der Waals surface area contributed by atoms with Crippen molar-refractivity contribution in [3.63, 3.8) is 0 Å². The Morgan fingerprint density at radius 3 is 2.93 bits per heavy atom. The predicted molar refractivity (Wildman–Crippen MR) is 62.2 cm³/mol. The first kappa shape index (κ1) is 12.0. The highest BCUT2D eigenvalue weighted by Gasteiger charge is 2.04. The van der Waals surface area contributed by atoms with Crippen molar-refractivity contribution < 1.29 is 4.39 Å². The fourth-order valence-electron chi connectivity index (χ4n) is 0.967. The first-order valence-electron chi connectivity index (χ1n) is 3.97. The van der Waals surface area contributed by atoms with Crippen molar-refractivity contribution in [1.29, 1.82) is 0 Å². The zero-order valence-electron chi connectivity index (χ0n) is 7.49. The van der Waals surface area contributed by atoms with E-state index in [1.54, 1.807) is 12.1 Å². The molecule has 0 spiro atoms. The number of rotatable bonds is 3. The summed E-state index contributed by atoms with van der Waals surface area (Å²) in [5, 5.41) is 3.62. The molecule has 1 aromatic carbocycles. The summed E-state index contributed by atoms with van der Waals surface area (Å²) in [5.41, 5.74) is 8.41. The summed E-state index contributed by atoms with van der Waals surface area (Å²) in [6, 6.07) is 2.82. The van der Waals surface area contributed by atoms with Gasteiger partial charge in [0.2, 0.25) is 0 Å². The van der Waals surface area contributed by atoms with Gasteiger partial charge in [0, 0.05) is 26.5 Å². The maximum atomic E-state index is 13.4. The third-order valence-corrected chi connectivity index (χ3v) is 2.45. The van der Waals surface area contributed by atoms with Crippen molar-refractivity contribution in [2.45, 2.75) is 0 Å². The normalized spacial score (nSPS) is 10.3. The molecule has 0 fully saturated rings. The molecule has 1 aromatic rings. The van der Waals surface area contributed by atoms with Crippen LogP contribution < -0.4 is 0 Å². The highest BCUT2D eigenvalue weighted by molar-refractivity contribution is 9.10. The molecule has 0 saturated heterocycles. The second-order valence-electron chi connectivity index (χ2n) is 2.60. The van der Waals surface area contributed by atoms with Gasteiger partial charge in [-0.2, -0.15) is 0 Å². The van der Waals surface area contributed by atoms with Crippen LogP contribution in [-0.4, -0.2) is 6.54 Å². The Hall–Kier alpha value is -1.03. The second kappa shape index (κ2) is 5.75. The number of halogens is 3. The number of hydrogen-bond acceptors (Lipinski definition) is 1. The van der Waals surface area contributed by atoms with Gasteiger partial charge in [-0.05, 0) is 17.7 Å². The van der Waals surface area contributed by atoms with E-state index in [1.165, 1.54) is 12.1 Å². The molecule has 0 atom stereocenters. The quantitative estimate of drug-likeness (QED) is 0.445. The number of azide groups is 1. The molecule has 0 unspecified atom stereocenters. The SMILES string of the molecule is [N-]=[N+]=NCC=Cc1c(F)cc(Cl)cc1Br. The molecule has 0 aliphatic carbocycles. The van der Waals surface area contributed by atoms with Gasteiger partial charge in [-0.15, -0.1) is 0 Å². The lowest BCUT2D eigenvalue weighted by molar-refractivity contribution is 0.624. The first-order chi connectivity index (χ1) is 7.15. The molecule has 0 heterocycles. The van der Waals surface area contributed by atoms with E-state index in [0.29, 0.717) is 15.1 Å². The van der Waals surface area contributed by atoms with Gasteiger partial charge in [-0.25, -0.2) is 4.39 Å². The van der Waals surface area contributed by atoms with Crippen LogP contribution in [0.2, 0.25) is 5.02 Å². The van der Waals surface area contributed by atoms with Crippen LogP contribution in [-0.2, 0) is 0 Å². The Bertz CT molecular complexity index is 418. The monoisotopic (exact) mass is 289 g/mol. The van der Waals surface area contributed by atoms with Crippen molar-refractivity contribution in [3.05, 3.63) is 49.5 Å². The fraction of sp³-hybridized carbons (Fsp3) is 0.111. The Morgan fingerprint density at radius 1 is 1.60 bits per heavy atom. The van der Waals surface area contributed by atoms with Gasteiger partial charge in [0.1, 0.15) is 5.82 Å². The zero-order chi connectivity index (χ0) is 11.3. The smallest absolute Gasteiger partial charge is 0.133 e. The van der Waals surface area contributed by atoms with Crippen molar-refractivity contribution in [1.82, 2.24) is 0 Å². The molecule has 0 radical (unpaired) electrons. The van der Waals surface area contributed by atoms with E-state index in [1.807, 2.05) is 0 Å². The second-order valence-corrected chi connectivity index (χ2v) is 3.89. The standard InChI is InChI=1S/C9H6BrClFN3/c10-8-4-6(11)5-9(12)7(8)2-1-3-14-15-13/h1-2,4-5H,3H2. The average Bonchev–Trinajstić information content (AvgIpc) is 2.15. The molecule has 1 rings (SSSR count). The fourth-order valence-corrected chi connectivity index (χ4v) is 1.87. The van der Waals surface area contributed by atoms with E-state index < -0.39 is 5.82 Å². The summed E-state index contributed by atoms with van der Waals surface area (Å²) in [6.45, 7) is 0.186. The minimum absolute atomic E-state index is 0.186. The lowest BCUT2D eigenvalue weighted by atomic mass is 10.2. The molecule has 0 N–H and O–H groups in total. The summed E-state index contributed by atoms with van der Waals surface area (Å²) >= 11 is 8.83. The van der Waals surface area contributed by atoms with Gasteiger partial charge in [-0.1, -0.05) is 44.8 Å². The average molecular weight is 291 g/mol. The molecule has 0 aliphatic rings. The van der Waals surface area contributed by atoms with E-state index in [9.17, 15) is 4.39 Å². The Morgan fingerprint density at radius 2 is 2.33 bits per heavy atom. The topological polar surface area (TPSA) is 48.8 Å². The van der Waals surface area contributed by atoms with E-state index in [-0.39, 0.29) is 6.54 Å². The maximum Gasteiger partial charge on any atom is 0.133 e. The molecule has 6 heteroatoms. The number of benzene rings is 1. The van der Waals surface area contributed by atoms with Gasteiger partial charge in [0.05, 0.1) is 0 Å². The lowest BCUT2D eigenvalue weighted by Crippen LogP contribution is -1.84. The summed E-state index contributed by atoms with van der Waals surface area (Å²) in [4.78, 5) is 2.57. The predicted octanol–water partition coefficient (Wildman–Crippen LogP) is 4.57. The number of nitrogens with zero attached hydrogens (tertiary/aromatic N) is 3. The lowest BCUT2D eigenvalue weighted by Gasteiger charge is -2.01. The first-order valence-corrected chi connectivity index (χ1v) is 5.14. The van der Waals surface area contributed by atoms with Crippen LogP contribution in [0.1, 0.15) is 5.56 Å². The van der Waals surface area contributed by atoms with Crippen LogP contribution in [0.5, 0.6) is 0 Å². The highest BCUT2D eigenvalue weighted by atomic mass is 79.9. The molecule has 15 heavy (non-hydrogen) atoms. The molecule has 78 valence electrons. The van der Waals surface area contributed by atoms with E-state index in [0.717, 1.165) is 0 Å². The summed E-state index contributed by atoms with van der Waals surface area (Å²) in [5.74, 6) is -0.424. The van der Waals surface area contributed by atoms with Crippen LogP contribution in [0.4, 0.5) is 4.39 Å². The van der Waals surface area contributed by atoms with Crippen LogP contribution >= 0.6 is 27.5 Å². The third-order valence-electron chi connectivity index (χ3n) is 1.58. The minimum Gasteiger partial charge on any atom is -0.206 e. The van der Waals surface area contributed by atoms with Crippen LogP contribution in [0.25, 0.3) is 16.5 Å². The van der Waals surface area contributed by atoms with E-state index in [4.69, 9.17) is 17.1 Å². The van der Waals surface area contributed by atoms with Gasteiger partial charge < -0.3 is 0 Å². The van der Waals surface area contributed by atoms with Gasteiger partial charge in [0.15, 0.2) is 0 Å². The Labute approximate surface area is 99.3 Å². The Balaban J connectivity index is 2.94. The van der Waals surface area contributed by atoms with E-state index in [2.05, 4.69) is 26.0 Å². The number of hydrogen-bond donors (Lipinski definition) is 0. The maximum absolute atomic E-state index is 13.4. The van der Waals surface area contributed by atoms with Crippen molar-refractivity contribution in [2.24, 2.45) is 5.11 Å². The van der Waals surface area contributed by atoms with Gasteiger partial charge in [-0.3, -0.25) is 0 Å². The zero-order valence-corrected chi connectivity index (χ0v) is 9.83. The molecular weight excluding hydrogens is 284 g/mol.